The Morgan fingerprint density at radius 3 is 2.59 bits per heavy atom. The smallest absolute Gasteiger partial charge is 0.279 e. The van der Waals surface area contributed by atoms with Crippen LogP contribution in [0.3, 0.4) is 0 Å². The predicted octanol–water partition coefficient (Wildman–Crippen LogP) is -0.329. The highest BCUT2D eigenvalue weighted by Gasteiger charge is 2.27. The number of nitrogens with zero attached hydrogens (tertiary/aromatic N) is 1. The van der Waals surface area contributed by atoms with Gasteiger partial charge in [0.2, 0.25) is 0 Å². The quantitative estimate of drug-likeness (QED) is 0.617. The van der Waals surface area contributed by atoms with Crippen molar-refractivity contribution in [2.75, 3.05) is 32.8 Å². The van der Waals surface area contributed by atoms with Crippen LogP contribution in [0.15, 0.2) is 0 Å². The van der Waals surface area contributed by atoms with Crippen LogP contribution in [0.4, 0.5) is 0 Å². The third-order valence-corrected chi connectivity index (χ3v) is 4.47. The molecule has 1 aliphatic heterocycles. The van der Waals surface area contributed by atoms with Gasteiger partial charge in [-0.1, -0.05) is 6.92 Å². The number of hydrogen-bond acceptors (Lipinski definition) is 4. The summed E-state index contributed by atoms with van der Waals surface area (Å²) in [5.74, 6) is 0. The molecule has 0 spiro atoms. The van der Waals surface area contributed by atoms with E-state index in [2.05, 4.69) is 4.72 Å². The lowest BCUT2D eigenvalue weighted by molar-refractivity contribution is 0.0207. The molecule has 3 N–H and O–H groups in total. The Hall–Kier alpha value is -0.210. The van der Waals surface area contributed by atoms with E-state index in [4.69, 9.17) is 10.5 Å². The first-order chi connectivity index (χ1) is 8.10. The normalized spacial score (nSPS) is 19.6. The monoisotopic (exact) mass is 265 g/mol. The molecule has 1 aliphatic rings. The van der Waals surface area contributed by atoms with Gasteiger partial charge in [-0.25, -0.2) is 4.72 Å². The molecule has 0 saturated carbocycles. The van der Waals surface area contributed by atoms with E-state index in [9.17, 15) is 8.42 Å². The zero-order chi connectivity index (χ0) is 12.7. The molecular weight excluding hydrogens is 242 g/mol. The molecule has 0 radical (unpaired) electrons. The minimum absolute atomic E-state index is 0.176. The van der Waals surface area contributed by atoms with Gasteiger partial charge in [0.25, 0.3) is 10.2 Å². The number of nitrogens with one attached hydrogen (secondary N) is 1. The third kappa shape index (κ3) is 4.89. The van der Waals surface area contributed by atoms with Crippen LogP contribution in [0.1, 0.15) is 26.2 Å². The minimum Gasteiger partial charge on any atom is -0.378 e. The van der Waals surface area contributed by atoms with Crippen molar-refractivity contribution in [1.82, 2.24) is 9.03 Å². The minimum atomic E-state index is -3.27. The fourth-order valence-corrected chi connectivity index (χ4v) is 3.09. The summed E-state index contributed by atoms with van der Waals surface area (Å²) < 4.78 is 33.0. The summed E-state index contributed by atoms with van der Waals surface area (Å²) in [6.45, 7) is 4.56. The van der Waals surface area contributed by atoms with Crippen molar-refractivity contribution < 1.29 is 13.2 Å². The first kappa shape index (κ1) is 14.8. The van der Waals surface area contributed by atoms with Crippen molar-refractivity contribution in [1.29, 1.82) is 0 Å². The molecule has 102 valence electrons. The van der Waals surface area contributed by atoms with Gasteiger partial charge in [0, 0.05) is 26.2 Å². The van der Waals surface area contributed by atoms with Crippen molar-refractivity contribution in [3.63, 3.8) is 0 Å². The summed E-state index contributed by atoms with van der Waals surface area (Å²) in [6, 6.07) is 0. The highest BCUT2D eigenvalue weighted by Crippen LogP contribution is 2.15. The molecule has 1 saturated heterocycles. The maximum absolute atomic E-state index is 11.7. The zero-order valence-corrected chi connectivity index (χ0v) is 11.2. The molecule has 0 amide bonds. The number of ether oxygens (including phenoxy) is 1. The van der Waals surface area contributed by atoms with Gasteiger partial charge < -0.3 is 10.5 Å². The fraction of sp³-hybridized carbons (Fsp3) is 1.00. The van der Waals surface area contributed by atoms with Crippen LogP contribution in [0.25, 0.3) is 0 Å². The molecule has 0 unspecified atom stereocenters. The van der Waals surface area contributed by atoms with Crippen molar-refractivity contribution in [2.45, 2.75) is 32.3 Å². The van der Waals surface area contributed by atoms with E-state index in [0.717, 1.165) is 19.3 Å². The van der Waals surface area contributed by atoms with Crippen molar-refractivity contribution in [3.05, 3.63) is 0 Å². The summed E-state index contributed by atoms with van der Waals surface area (Å²) in [5.41, 5.74) is 5.38. The van der Waals surface area contributed by atoms with Gasteiger partial charge in [-0.05, 0) is 25.8 Å². The van der Waals surface area contributed by atoms with E-state index in [0.29, 0.717) is 32.8 Å². The molecule has 0 aromatic carbocycles. The van der Waals surface area contributed by atoms with Crippen molar-refractivity contribution in [2.24, 2.45) is 5.73 Å². The van der Waals surface area contributed by atoms with Crippen LogP contribution >= 0.6 is 0 Å². The van der Waals surface area contributed by atoms with E-state index in [1.807, 2.05) is 0 Å². The second-order valence-corrected chi connectivity index (χ2v) is 5.87. The number of nitrogens with two attached hydrogens (primary N) is 1. The maximum atomic E-state index is 11.7. The summed E-state index contributed by atoms with van der Waals surface area (Å²) in [7, 11) is -3.27. The molecule has 7 heteroatoms. The molecule has 0 aromatic rings. The first-order valence-electron chi connectivity index (χ1n) is 6.16. The Kier molecular flexibility index (Phi) is 6.35. The number of rotatable bonds is 7. The molecule has 0 atom stereocenters. The van der Waals surface area contributed by atoms with Crippen LogP contribution in [0, 0.1) is 0 Å². The largest absolute Gasteiger partial charge is 0.378 e. The predicted molar refractivity (Wildman–Crippen MR) is 66.8 cm³/mol. The number of hydrogen-bond donors (Lipinski definition) is 2. The first-order valence-corrected chi connectivity index (χ1v) is 7.60. The van der Waals surface area contributed by atoms with Gasteiger partial charge in [-0.2, -0.15) is 12.7 Å². The van der Waals surface area contributed by atoms with Gasteiger partial charge in [0.1, 0.15) is 0 Å². The Labute approximate surface area is 104 Å². The molecule has 1 heterocycles. The number of piperidine rings is 1. The average molecular weight is 265 g/mol. The van der Waals surface area contributed by atoms with Gasteiger partial charge in [-0.15, -0.1) is 0 Å². The lowest BCUT2D eigenvalue weighted by Gasteiger charge is -2.31. The van der Waals surface area contributed by atoms with Crippen LogP contribution in [0.2, 0.25) is 0 Å². The third-order valence-electron chi connectivity index (χ3n) is 2.77. The van der Waals surface area contributed by atoms with Crippen molar-refractivity contribution in [3.8, 4) is 0 Å². The topological polar surface area (TPSA) is 84.7 Å². The standard InChI is InChI=1S/C10H23N3O3S/c1-2-12-17(14,15)13-7-4-10(5-8-13)16-9-3-6-11/h10,12H,2-9,11H2,1H3. The second-order valence-electron chi connectivity index (χ2n) is 4.11. The molecule has 0 aliphatic carbocycles. The Balaban J connectivity index is 2.30. The molecule has 6 nitrogen and oxygen atoms in total. The molecule has 1 fully saturated rings. The Bertz CT molecular complexity index is 300. The highest BCUT2D eigenvalue weighted by atomic mass is 32.2. The average Bonchev–Trinajstić information content (AvgIpc) is 2.30. The van der Waals surface area contributed by atoms with Crippen LogP contribution in [-0.2, 0) is 14.9 Å². The molecular formula is C10H23N3O3S. The SMILES string of the molecule is CCNS(=O)(=O)N1CCC(OCCCN)CC1. The van der Waals surface area contributed by atoms with Gasteiger partial charge in [0.05, 0.1) is 6.10 Å². The highest BCUT2D eigenvalue weighted by molar-refractivity contribution is 7.87. The lowest BCUT2D eigenvalue weighted by Crippen LogP contribution is -2.46. The van der Waals surface area contributed by atoms with E-state index in [1.165, 1.54) is 4.31 Å². The molecule has 0 aromatic heterocycles. The van der Waals surface area contributed by atoms with Crippen LogP contribution < -0.4 is 10.5 Å². The summed E-state index contributed by atoms with van der Waals surface area (Å²) in [5, 5.41) is 0. The van der Waals surface area contributed by atoms with E-state index in [-0.39, 0.29) is 6.10 Å². The molecule has 1 rings (SSSR count). The summed E-state index contributed by atoms with van der Waals surface area (Å²) in [4.78, 5) is 0. The fourth-order valence-electron chi connectivity index (χ4n) is 1.85. The van der Waals surface area contributed by atoms with Crippen LogP contribution in [-0.4, -0.2) is 51.6 Å². The Morgan fingerprint density at radius 2 is 2.06 bits per heavy atom. The summed E-state index contributed by atoms with van der Waals surface area (Å²) >= 11 is 0. The van der Waals surface area contributed by atoms with E-state index in [1.54, 1.807) is 6.92 Å². The molecule has 0 bridgehead atoms. The van der Waals surface area contributed by atoms with E-state index < -0.39 is 10.2 Å². The Morgan fingerprint density at radius 1 is 1.41 bits per heavy atom. The van der Waals surface area contributed by atoms with Crippen molar-refractivity contribution >= 4 is 10.2 Å². The van der Waals surface area contributed by atoms with Crippen LogP contribution in [0.5, 0.6) is 0 Å². The van der Waals surface area contributed by atoms with Gasteiger partial charge >= 0.3 is 0 Å². The lowest BCUT2D eigenvalue weighted by atomic mass is 10.1. The second kappa shape index (κ2) is 7.27. The summed E-state index contributed by atoms with van der Waals surface area (Å²) in [6.07, 6.45) is 2.55. The van der Waals surface area contributed by atoms with Gasteiger partial charge in [-0.3, -0.25) is 0 Å². The van der Waals surface area contributed by atoms with E-state index >= 15 is 0 Å². The maximum Gasteiger partial charge on any atom is 0.279 e. The van der Waals surface area contributed by atoms with Gasteiger partial charge in [0.15, 0.2) is 0 Å². The zero-order valence-electron chi connectivity index (χ0n) is 10.4. The molecule has 17 heavy (non-hydrogen) atoms.